The summed E-state index contributed by atoms with van der Waals surface area (Å²) >= 11 is 0. The Balaban J connectivity index is 2.32. The number of fused-ring (bicyclic) bond motifs is 1. The summed E-state index contributed by atoms with van der Waals surface area (Å²) in [5.41, 5.74) is 1.14. The van der Waals surface area contributed by atoms with Crippen LogP contribution in [0.3, 0.4) is 0 Å². The Morgan fingerprint density at radius 3 is 2.72 bits per heavy atom. The fraction of sp³-hybridized carbons (Fsp3) is 0.333. The van der Waals surface area contributed by atoms with Gasteiger partial charge in [-0.15, -0.1) is 0 Å². The first-order valence-corrected chi connectivity index (χ1v) is 6.15. The van der Waals surface area contributed by atoms with E-state index in [-0.39, 0.29) is 6.10 Å². The van der Waals surface area contributed by atoms with Crippen LogP contribution in [-0.4, -0.2) is 24.9 Å². The van der Waals surface area contributed by atoms with Gasteiger partial charge < -0.3 is 15.2 Å². The molecule has 96 valence electrons. The quantitative estimate of drug-likeness (QED) is 0.849. The van der Waals surface area contributed by atoms with Crippen molar-refractivity contribution in [2.24, 2.45) is 0 Å². The highest BCUT2D eigenvalue weighted by molar-refractivity contribution is 5.87. The van der Waals surface area contributed by atoms with E-state index in [1.165, 1.54) is 10.8 Å². The number of ether oxygens (including phenoxy) is 1. The van der Waals surface area contributed by atoms with Gasteiger partial charge >= 0.3 is 0 Å². The molecule has 1 atom stereocenters. The molecule has 0 bridgehead atoms. The fourth-order valence-corrected chi connectivity index (χ4v) is 2.10. The molecule has 2 aromatic carbocycles. The van der Waals surface area contributed by atoms with Crippen LogP contribution in [0.4, 0.5) is 0 Å². The lowest BCUT2D eigenvalue weighted by molar-refractivity contribution is 0.191. The number of rotatable bonds is 5. The van der Waals surface area contributed by atoms with Crippen LogP contribution in [0.5, 0.6) is 5.75 Å². The average Bonchev–Trinajstić information content (AvgIpc) is 2.38. The molecular weight excluding hydrogens is 226 g/mol. The van der Waals surface area contributed by atoms with Crippen molar-refractivity contribution in [3.05, 3.63) is 42.0 Å². The lowest BCUT2D eigenvalue weighted by atomic mass is 10.0. The van der Waals surface area contributed by atoms with Gasteiger partial charge in [-0.05, 0) is 23.8 Å². The second-order valence-corrected chi connectivity index (χ2v) is 4.45. The molecule has 0 saturated carbocycles. The zero-order chi connectivity index (χ0) is 13.0. The van der Waals surface area contributed by atoms with Crippen molar-refractivity contribution < 1.29 is 9.84 Å². The highest BCUT2D eigenvalue weighted by Crippen LogP contribution is 2.27. The number of aliphatic hydroxyl groups excluding tert-OH is 1. The van der Waals surface area contributed by atoms with E-state index in [0.717, 1.165) is 11.3 Å². The first kappa shape index (κ1) is 12.9. The van der Waals surface area contributed by atoms with Crippen molar-refractivity contribution in [3.63, 3.8) is 0 Å². The van der Waals surface area contributed by atoms with E-state index in [1.54, 1.807) is 14.0 Å². The SMILES string of the molecule is COc1ccc2ccccc2c1CNC[C@@H](C)O. The Labute approximate surface area is 107 Å². The first-order valence-electron chi connectivity index (χ1n) is 6.15. The molecule has 0 fully saturated rings. The van der Waals surface area contributed by atoms with Crippen molar-refractivity contribution in [2.75, 3.05) is 13.7 Å². The molecular formula is C15H19NO2. The molecule has 0 aromatic heterocycles. The predicted octanol–water partition coefficient (Wildman–Crippen LogP) is 2.32. The highest BCUT2D eigenvalue weighted by atomic mass is 16.5. The summed E-state index contributed by atoms with van der Waals surface area (Å²) in [6, 6.07) is 12.3. The normalized spacial score (nSPS) is 12.6. The maximum absolute atomic E-state index is 9.28. The van der Waals surface area contributed by atoms with Gasteiger partial charge in [0, 0.05) is 18.7 Å². The number of benzene rings is 2. The van der Waals surface area contributed by atoms with Crippen molar-refractivity contribution in [3.8, 4) is 5.75 Å². The van der Waals surface area contributed by atoms with E-state index in [0.29, 0.717) is 13.1 Å². The number of hydrogen-bond acceptors (Lipinski definition) is 3. The molecule has 0 radical (unpaired) electrons. The third kappa shape index (κ3) is 2.81. The number of nitrogens with one attached hydrogen (secondary N) is 1. The van der Waals surface area contributed by atoms with E-state index < -0.39 is 0 Å². The van der Waals surface area contributed by atoms with E-state index in [2.05, 4.69) is 23.5 Å². The predicted molar refractivity (Wildman–Crippen MR) is 73.9 cm³/mol. The minimum atomic E-state index is -0.342. The minimum absolute atomic E-state index is 0.342. The molecule has 2 rings (SSSR count). The van der Waals surface area contributed by atoms with E-state index >= 15 is 0 Å². The summed E-state index contributed by atoms with van der Waals surface area (Å²) in [5.74, 6) is 0.881. The van der Waals surface area contributed by atoms with Crippen LogP contribution < -0.4 is 10.1 Å². The molecule has 0 heterocycles. The summed E-state index contributed by atoms with van der Waals surface area (Å²) in [5, 5.41) is 14.9. The fourth-order valence-electron chi connectivity index (χ4n) is 2.10. The topological polar surface area (TPSA) is 41.5 Å². The van der Waals surface area contributed by atoms with Crippen LogP contribution in [-0.2, 0) is 6.54 Å². The Hall–Kier alpha value is -1.58. The lowest BCUT2D eigenvalue weighted by Crippen LogP contribution is -2.24. The molecule has 0 unspecified atom stereocenters. The van der Waals surface area contributed by atoms with E-state index in [4.69, 9.17) is 4.74 Å². The molecule has 0 saturated heterocycles. The van der Waals surface area contributed by atoms with Gasteiger partial charge in [0.25, 0.3) is 0 Å². The van der Waals surface area contributed by atoms with Crippen molar-refractivity contribution >= 4 is 10.8 Å². The molecule has 3 heteroatoms. The first-order chi connectivity index (χ1) is 8.72. The molecule has 0 aliphatic rings. The molecule has 0 aliphatic heterocycles. The molecule has 18 heavy (non-hydrogen) atoms. The van der Waals surface area contributed by atoms with Crippen molar-refractivity contribution in [1.82, 2.24) is 5.32 Å². The second-order valence-electron chi connectivity index (χ2n) is 4.45. The second kappa shape index (κ2) is 5.85. The zero-order valence-electron chi connectivity index (χ0n) is 10.8. The Morgan fingerprint density at radius 1 is 1.22 bits per heavy atom. The zero-order valence-corrected chi connectivity index (χ0v) is 10.8. The number of hydrogen-bond donors (Lipinski definition) is 2. The van der Waals surface area contributed by atoms with Gasteiger partial charge in [-0.25, -0.2) is 0 Å². The average molecular weight is 245 g/mol. The van der Waals surface area contributed by atoms with Crippen LogP contribution in [0, 0.1) is 0 Å². The standard InChI is InChI=1S/C15H19NO2/c1-11(17)9-16-10-14-13-6-4-3-5-12(13)7-8-15(14)18-2/h3-8,11,16-17H,9-10H2,1-2H3/t11-/m1/s1. The Kier molecular flexibility index (Phi) is 4.18. The van der Waals surface area contributed by atoms with Crippen LogP contribution in [0.1, 0.15) is 12.5 Å². The third-order valence-corrected chi connectivity index (χ3v) is 2.96. The van der Waals surface area contributed by atoms with Gasteiger partial charge in [0.15, 0.2) is 0 Å². The summed E-state index contributed by atoms with van der Waals surface area (Å²) in [4.78, 5) is 0. The van der Waals surface area contributed by atoms with Crippen LogP contribution in [0.25, 0.3) is 10.8 Å². The minimum Gasteiger partial charge on any atom is -0.496 e. The summed E-state index contributed by atoms with van der Waals surface area (Å²) < 4.78 is 5.41. The van der Waals surface area contributed by atoms with E-state index in [1.807, 2.05) is 18.2 Å². The van der Waals surface area contributed by atoms with Gasteiger partial charge in [-0.2, -0.15) is 0 Å². The van der Waals surface area contributed by atoms with Gasteiger partial charge in [0.1, 0.15) is 5.75 Å². The molecule has 0 spiro atoms. The number of aliphatic hydroxyl groups is 1. The van der Waals surface area contributed by atoms with Crippen LogP contribution >= 0.6 is 0 Å². The van der Waals surface area contributed by atoms with Crippen LogP contribution in [0.2, 0.25) is 0 Å². The van der Waals surface area contributed by atoms with Gasteiger partial charge in [-0.1, -0.05) is 30.3 Å². The smallest absolute Gasteiger partial charge is 0.123 e. The third-order valence-electron chi connectivity index (χ3n) is 2.96. The van der Waals surface area contributed by atoms with Gasteiger partial charge in [0.2, 0.25) is 0 Å². The van der Waals surface area contributed by atoms with Gasteiger partial charge in [-0.3, -0.25) is 0 Å². The van der Waals surface area contributed by atoms with Crippen molar-refractivity contribution in [2.45, 2.75) is 19.6 Å². The van der Waals surface area contributed by atoms with Gasteiger partial charge in [0.05, 0.1) is 13.2 Å². The highest BCUT2D eigenvalue weighted by Gasteiger charge is 2.07. The maximum Gasteiger partial charge on any atom is 0.123 e. The summed E-state index contributed by atoms with van der Waals surface area (Å²) in [7, 11) is 1.68. The largest absolute Gasteiger partial charge is 0.496 e. The monoisotopic (exact) mass is 245 g/mol. The van der Waals surface area contributed by atoms with E-state index in [9.17, 15) is 5.11 Å². The lowest BCUT2D eigenvalue weighted by Gasteiger charge is -2.13. The molecule has 0 amide bonds. The molecule has 2 aromatic rings. The Morgan fingerprint density at radius 2 is 2.00 bits per heavy atom. The number of methoxy groups -OCH3 is 1. The molecule has 3 nitrogen and oxygen atoms in total. The summed E-state index contributed by atoms with van der Waals surface area (Å²) in [6.45, 7) is 3.04. The maximum atomic E-state index is 9.28. The molecule has 0 aliphatic carbocycles. The molecule has 2 N–H and O–H groups in total. The Bertz CT molecular complexity index is 523. The van der Waals surface area contributed by atoms with Crippen LogP contribution in [0.15, 0.2) is 36.4 Å². The van der Waals surface area contributed by atoms with Crippen molar-refractivity contribution in [1.29, 1.82) is 0 Å². The summed E-state index contributed by atoms with van der Waals surface area (Å²) in [6.07, 6.45) is -0.342.